The Hall–Kier alpha value is -3.65. The standard InChI is InChI=1S/C27H30N6O2/c1-19(34)24-18-33(25-21(16-28-2)6-3-8-23(24)25)13-5-12-32-14-9-20(10-15-32)27-30-26(31-35-27)22-7-4-11-29-17-22/h3-4,6-8,11,16-18,20H,5,9-10,12-15H2,1-2H3. The van der Waals surface area contributed by atoms with Crippen molar-refractivity contribution in [3.8, 4) is 11.4 Å². The molecule has 0 spiro atoms. The van der Waals surface area contributed by atoms with Gasteiger partial charge in [-0.15, -0.1) is 0 Å². The molecule has 4 aromatic rings. The summed E-state index contributed by atoms with van der Waals surface area (Å²) in [5, 5.41) is 5.15. The van der Waals surface area contributed by atoms with Crippen LogP contribution in [0.4, 0.5) is 0 Å². The molecule has 0 N–H and O–H groups in total. The third-order valence-corrected chi connectivity index (χ3v) is 6.75. The molecule has 0 unspecified atom stereocenters. The van der Waals surface area contributed by atoms with Gasteiger partial charge in [-0.2, -0.15) is 4.98 Å². The highest BCUT2D eigenvalue weighted by atomic mass is 16.5. The van der Waals surface area contributed by atoms with Crippen molar-refractivity contribution in [2.45, 2.75) is 38.6 Å². The molecule has 0 amide bonds. The molecule has 8 nitrogen and oxygen atoms in total. The zero-order chi connectivity index (χ0) is 24.2. The zero-order valence-corrected chi connectivity index (χ0v) is 20.2. The summed E-state index contributed by atoms with van der Waals surface area (Å²) in [6.45, 7) is 5.52. The lowest BCUT2D eigenvalue weighted by molar-refractivity contribution is 0.101. The lowest BCUT2D eigenvalue weighted by atomic mass is 9.96. The fourth-order valence-electron chi connectivity index (χ4n) is 4.97. The maximum absolute atomic E-state index is 12.2. The van der Waals surface area contributed by atoms with Crippen LogP contribution in [0, 0.1) is 0 Å². The highest BCUT2D eigenvalue weighted by Gasteiger charge is 2.25. The van der Waals surface area contributed by atoms with Crippen LogP contribution in [0.2, 0.25) is 0 Å². The molecular weight excluding hydrogens is 440 g/mol. The first-order chi connectivity index (χ1) is 17.1. The maximum Gasteiger partial charge on any atom is 0.230 e. The van der Waals surface area contributed by atoms with Crippen LogP contribution in [0.5, 0.6) is 0 Å². The summed E-state index contributed by atoms with van der Waals surface area (Å²) in [6.07, 6.45) is 10.4. The minimum atomic E-state index is 0.0918. The molecule has 4 heterocycles. The lowest BCUT2D eigenvalue weighted by Crippen LogP contribution is -2.34. The van der Waals surface area contributed by atoms with E-state index >= 15 is 0 Å². The number of hydrogen-bond acceptors (Lipinski definition) is 7. The third-order valence-electron chi connectivity index (χ3n) is 6.75. The summed E-state index contributed by atoms with van der Waals surface area (Å²) in [5.41, 5.74) is 3.78. The van der Waals surface area contributed by atoms with E-state index in [1.165, 1.54) is 0 Å². The zero-order valence-electron chi connectivity index (χ0n) is 20.2. The fraction of sp³-hybridized carbons (Fsp3) is 0.370. The minimum absolute atomic E-state index is 0.0918. The molecule has 1 saturated heterocycles. The Balaban J connectivity index is 1.19. The number of Topliss-reactive ketones (excluding diaryl/α,β-unsaturated/α-hetero) is 1. The second-order valence-electron chi connectivity index (χ2n) is 9.09. The van der Waals surface area contributed by atoms with Gasteiger partial charge in [0.2, 0.25) is 11.7 Å². The molecule has 0 aliphatic carbocycles. The topological polar surface area (TPSA) is 89.4 Å². The van der Waals surface area contributed by atoms with Crippen LogP contribution in [-0.4, -0.2) is 63.3 Å². The van der Waals surface area contributed by atoms with E-state index in [1.807, 2.05) is 36.7 Å². The first kappa shape index (κ1) is 23.1. The van der Waals surface area contributed by atoms with Gasteiger partial charge in [0.1, 0.15) is 0 Å². The fourth-order valence-corrected chi connectivity index (χ4v) is 4.97. The Morgan fingerprint density at radius 3 is 2.80 bits per heavy atom. The van der Waals surface area contributed by atoms with Crippen LogP contribution in [0.25, 0.3) is 22.3 Å². The molecule has 1 fully saturated rings. The first-order valence-electron chi connectivity index (χ1n) is 12.2. The van der Waals surface area contributed by atoms with Crippen molar-refractivity contribution >= 4 is 22.9 Å². The van der Waals surface area contributed by atoms with Gasteiger partial charge in [0.05, 0.1) is 5.52 Å². The van der Waals surface area contributed by atoms with Gasteiger partial charge in [0, 0.05) is 66.4 Å². The lowest BCUT2D eigenvalue weighted by Gasteiger charge is -2.30. The second-order valence-corrected chi connectivity index (χ2v) is 9.09. The van der Waals surface area contributed by atoms with E-state index in [9.17, 15) is 4.79 Å². The summed E-state index contributed by atoms with van der Waals surface area (Å²) in [4.78, 5) is 27.7. The van der Waals surface area contributed by atoms with E-state index < -0.39 is 0 Å². The molecule has 0 atom stereocenters. The van der Waals surface area contributed by atoms with Gasteiger partial charge in [0.25, 0.3) is 0 Å². The van der Waals surface area contributed by atoms with Crippen LogP contribution in [0.1, 0.15) is 53.9 Å². The van der Waals surface area contributed by atoms with Gasteiger partial charge in [0.15, 0.2) is 5.78 Å². The van der Waals surface area contributed by atoms with Crippen LogP contribution in [0.3, 0.4) is 0 Å². The Kier molecular flexibility index (Phi) is 6.81. The molecule has 1 aromatic carbocycles. The number of para-hydroxylation sites is 1. The van der Waals surface area contributed by atoms with Crippen molar-refractivity contribution in [3.63, 3.8) is 0 Å². The molecule has 180 valence electrons. The predicted molar refractivity (Wildman–Crippen MR) is 136 cm³/mol. The number of carbonyl (C=O) groups excluding carboxylic acids is 1. The van der Waals surface area contributed by atoms with Gasteiger partial charge < -0.3 is 14.0 Å². The number of likely N-dealkylation sites (tertiary alicyclic amines) is 1. The summed E-state index contributed by atoms with van der Waals surface area (Å²) in [7, 11) is 1.77. The normalized spacial score (nSPS) is 15.4. The minimum Gasteiger partial charge on any atom is -0.346 e. The van der Waals surface area contributed by atoms with Crippen molar-refractivity contribution in [3.05, 3.63) is 65.9 Å². The largest absolute Gasteiger partial charge is 0.346 e. The number of carbonyl (C=O) groups is 1. The monoisotopic (exact) mass is 470 g/mol. The molecule has 5 rings (SSSR count). The molecule has 3 aromatic heterocycles. The number of aryl methyl sites for hydroxylation is 1. The molecule has 0 bridgehead atoms. The number of piperidine rings is 1. The SMILES string of the molecule is CN=Cc1cccc2c(C(C)=O)cn(CCCN3CCC(c4nc(-c5cccnc5)no4)CC3)c12. The number of aromatic nitrogens is 4. The number of pyridine rings is 1. The number of rotatable bonds is 8. The van der Waals surface area contributed by atoms with Crippen molar-refractivity contribution in [1.82, 2.24) is 24.6 Å². The quantitative estimate of drug-likeness (QED) is 0.276. The van der Waals surface area contributed by atoms with Crippen molar-refractivity contribution in [1.29, 1.82) is 0 Å². The first-order valence-corrected chi connectivity index (χ1v) is 12.2. The van der Waals surface area contributed by atoms with Crippen molar-refractivity contribution < 1.29 is 9.32 Å². The van der Waals surface area contributed by atoms with Gasteiger partial charge in [-0.25, -0.2) is 0 Å². The van der Waals surface area contributed by atoms with Crippen LogP contribution in [-0.2, 0) is 6.54 Å². The Morgan fingerprint density at radius 2 is 2.06 bits per heavy atom. The number of benzene rings is 1. The Bertz CT molecular complexity index is 1330. The molecule has 8 heteroatoms. The average Bonchev–Trinajstić information content (AvgIpc) is 3.52. The second kappa shape index (κ2) is 10.3. The number of fused-ring (bicyclic) bond motifs is 1. The Morgan fingerprint density at radius 1 is 1.20 bits per heavy atom. The van der Waals surface area contributed by atoms with E-state index in [-0.39, 0.29) is 5.78 Å². The van der Waals surface area contributed by atoms with E-state index in [0.717, 1.165) is 78.9 Å². The smallest absolute Gasteiger partial charge is 0.230 e. The van der Waals surface area contributed by atoms with Gasteiger partial charge in [-0.1, -0.05) is 23.4 Å². The number of nitrogens with zero attached hydrogens (tertiary/aromatic N) is 6. The number of hydrogen-bond donors (Lipinski definition) is 0. The van der Waals surface area contributed by atoms with Crippen LogP contribution >= 0.6 is 0 Å². The van der Waals surface area contributed by atoms with Crippen LogP contribution in [0.15, 0.2) is 58.4 Å². The summed E-state index contributed by atoms with van der Waals surface area (Å²) < 4.78 is 7.79. The number of aliphatic imine (C=N–C) groups is 1. The molecular formula is C27H30N6O2. The predicted octanol–water partition coefficient (Wildman–Crippen LogP) is 4.61. The van der Waals surface area contributed by atoms with Gasteiger partial charge in [-0.3, -0.25) is 14.8 Å². The van der Waals surface area contributed by atoms with E-state index in [1.54, 1.807) is 26.4 Å². The van der Waals surface area contributed by atoms with Crippen molar-refractivity contribution in [2.24, 2.45) is 4.99 Å². The van der Waals surface area contributed by atoms with E-state index in [4.69, 9.17) is 4.52 Å². The molecule has 1 aliphatic heterocycles. The highest BCUT2D eigenvalue weighted by Crippen LogP contribution is 2.29. The van der Waals surface area contributed by atoms with Crippen LogP contribution < -0.4 is 0 Å². The molecule has 1 aliphatic rings. The Labute approximate surface area is 204 Å². The molecule has 0 radical (unpaired) electrons. The van der Waals surface area contributed by atoms with Gasteiger partial charge >= 0.3 is 0 Å². The molecule has 0 saturated carbocycles. The van der Waals surface area contributed by atoms with Gasteiger partial charge in [-0.05, 0) is 58.0 Å². The summed E-state index contributed by atoms with van der Waals surface area (Å²) in [6, 6.07) is 9.88. The number of ketones is 1. The average molecular weight is 471 g/mol. The van der Waals surface area contributed by atoms with E-state index in [2.05, 4.69) is 35.7 Å². The van der Waals surface area contributed by atoms with E-state index in [0.29, 0.717) is 11.7 Å². The highest BCUT2D eigenvalue weighted by molar-refractivity contribution is 6.10. The molecule has 35 heavy (non-hydrogen) atoms. The van der Waals surface area contributed by atoms with Crippen molar-refractivity contribution in [2.75, 3.05) is 26.7 Å². The summed E-state index contributed by atoms with van der Waals surface area (Å²) >= 11 is 0. The third kappa shape index (κ3) is 4.93. The maximum atomic E-state index is 12.2. The summed E-state index contributed by atoms with van der Waals surface area (Å²) in [5.74, 6) is 1.72.